The summed E-state index contributed by atoms with van der Waals surface area (Å²) in [5, 5.41) is 3.10. The zero-order chi connectivity index (χ0) is 14.0. The van der Waals surface area contributed by atoms with Gasteiger partial charge in [-0.2, -0.15) is 0 Å². The van der Waals surface area contributed by atoms with Crippen molar-refractivity contribution in [1.82, 2.24) is 0 Å². The molecular weight excluding hydrogens is 333 g/mol. The van der Waals surface area contributed by atoms with E-state index in [1.54, 1.807) is 31.2 Å². The summed E-state index contributed by atoms with van der Waals surface area (Å²) in [6, 6.07) is 9.27. The third kappa shape index (κ3) is 3.55. The molecule has 98 valence electrons. The number of carbonyl (C=O) groups is 1. The monoisotopic (exact) mass is 341 g/mol. The second kappa shape index (κ2) is 5.72. The quantitative estimate of drug-likeness (QED) is 0.834. The maximum absolute atomic E-state index is 13.2. The van der Waals surface area contributed by atoms with Gasteiger partial charge in [-0.1, -0.05) is 11.6 Å². The van der Waals surface area contributed by atoms with Crippen molar-refractivity contribution in [2.75, 3.05) is 5.32 Å². The van der Waals surface area contributed by atoms with Crippen LogP contribution in [0, 0.1) is 12.7 Å². The summed E-state index contributed by atoms with van der Waals surface area (Å²) in [6.07, 6.45) is 0. The van der Waals surface area contributed by atoms with Crippen molar-refractivity contribution in [2.45, 2.75) is 6.92 Å². The predicted molar refractivity (Wildman–Crippen MR) is 78.2 cm³/mol. The van der Waals surface area contributed by atoms with Gasteiger partial charge in [-0.3, -0.25) is 4.79 Å². The zero-order valence-corrected chi connectivity index (χ0v) is 12.3. The first-order valence-corrected chi connectivity index (χ1v) is 6.66. The van der Waals surface area contributed by atoms with Crippen molar-refractivity contribution in [3.8, 4) is 0 Å². The highest BCUT2D eigenvalue weighted by atomic mass is 79.9. The Balaban J connectivity index is 2.28. The lowest BCUT2D eigenvalue weighted by Crippen LogP contribution is -2.12. The Morgan fingerprint density at radius 3 is 2.68 bits per heavy atom. The fraction of sp³-hybridized carbons (Fsp3) is 0.0714. The second-order valence-corrected chi connectivity index (χ2v) is 5.39. The smallest absolute Gasteiger partial charge is 0.256 e. The third-order valence-electron chi connectivity index (χ3n) is 2.47. The Bertz CT molecular complexity index is 625. The van der Waals surface area contributed by atoms with Gasteiger partial charge in [0.25, 0.3) is 5.91 Å². The number of aryl methyl sites for hydroxylation is 1. The van der Waals surface area contributed by atoms with Crippen LogP contribution in [0.5, 0.6) is 0 Å². The van der Waals surface area contributed by atoms with Gasteiger partial charge in [-0.05, 0) is 64.8 Å². The molecule has 0 saturated heterocycles. The van der Waals surface area contributed by atoms with E-state index in [1.807, 2.05) is 0 Å². The van der Waals surface area contributed by atoms with E-state index in [4.69, 9.17) is 11.6 Å². The molecule has 2 rings (SSSR count). The Morgan fingerprint density at radius 1 is 1.26 bits per heavy atom. The van der Waals surface area contributed by atoms with E-state index in [9.17, 15) is 9.18 Å². The minimum atomic E-state index is -0.388. The minimum Gasteiger partial charge on any atom is -0.322 e. The van der Waals surface area contributed by atoms with Crippen LogP contribution >= 0.6 is 27.5 Å². The molecule has 0 aliphatic heterocycles. The summed E-state index contributed by atoms with van der Waals surface area (Å²) < 4.78 is 13.9. The van der Waals surface area contributed by atoms with Gasteiger partial charge < -0.3 is 5.32 Å². The van der Waals surface area contributed by atoms with Crippen molar-refractivity contribution >= 4 is 39.1 Å². The van der Waals surface area contributed by atoms with E-state index in [0.717, 1.165) is 5.56 Å². The summed E-state index contributed by atoms with van der Waals surface area (Å²) in [5.74, 6) is -0.736. The average Bonchev–Trinajstić information content (AvgIpc) is 2.30. The van der Waals surface area contributed by atoms with Gasteiger partial charge in [0.1, 0.15) is 5.82 Å². The average molecular weight is 343 g/mol. The summed E-state index contributed by atoms with van der Waals surface area (Å²) in [4.78, 5) is 12.1. The number of nitrogens with one attached hydrogen (secondary N) is 1. The van der Waals surface area contributed by atoms with E-state index in [-0.39, 0.29) is 11.7 Å². The SMILES string of the molecule is Cc1cc(F)cc(NC(=O)c2cc(Cl)ccc2Br)c1. The molecule has 0 aromatic heterocycles. The molecule has 0 fully saturated rings. The maximum atomic E-state index is 13.2. The standard InChI is InChI=1S/C14H10BrClFNO/c1-8-4-10(17)7-11(5-8)18-14(19)12-6-9(16)2-3-13(12)15/h2-7H,1H3,(H,18,19). The molecule has 0 heterocycles. The van der Waals surface area contributed by atoms with E-state index in [0.29, 0.717) is 20.7 Å². The Kier molecular flexibility index (Phi) is 4.22. The molecule has 2 nitrogen and oxygen atoms in total. The first-order chi connectivity index (χ1) is 8.95. The van der Waals surface area contributed by atoms with Crippen LogP contribution < -0.4 is 5.32 Å². The molecule has 1 amide bonds. The number of rotatable bonds is 2. The fourth-order valence-corrected chi connectivity index (χ4v) is 2.28. The van der Waals surface area contributed by atoms with Gasteiger partial charge in [0.2, 0.25) is 0 Å². The molecule has 5 heteroatoms. The topological polar surface area (TPSA) is 29.1 Å². The van der Waals surface area contributed by atoms with Gasteiger partial charge in [0, 0.05) is 15.2 Å². The number of carbonyl (C=O) groups excluding carboxylic acids is 1. The Morgan fingerprint density at radius 2 is 2.00 bits per heavy atom. The molecule has 0 radical (unpaired) electrons. The summed E-state index contributed by atoms with van der Waals surface area (Å²) in [6.45, 7) is 1.76. The van der Waals surface area contributed by atoms with Gasteiger partial charge in [-0.25, -0.2) is 4.39 Å². The van der Waals surface area contributed by atoms with Gasteiger partial charge in [-0.15, -0.1) is 0 Å². The normalized spacial score (nSPS) is 10.3. The molecule has 19 heavy (non-hydrogen) atoms. The number of amides is 1. The largest absolute Gasteiger partial charge is 0.322 e. The third-order valence-corrected chi connectivity index (χ3v) is 3.40. The number of hydrogen-bond donors (Lipinski definition) is 1. The molecule has 0 spiro atoms. The molecular formula is C14H10BrClFNO. The lowest BCUT2D eigenvalue weighted by Gasteiger charge is -2.08. The van der Waals surface area contributed by atoms with Crippen LogP contribution in [-0.4, -0.2) is 5.91 Å². The number of benzene rings is 2. The highest BCUT2D eigenvalue weighted by Gasteiger charge is 2.11. The van der Waals surface area contributed by atoms with Crippen LogP contribution in [0.3, 0.4) is 0 Å². The van der Waals surface area contributed by atoms with E-state index < -0.39 is 0 Å². The summed E-state index contributed by atoms with van der Waals surface area (Å²) in [7, 11) is 0. The van der Waals surface area contributed by atoms with Crippen LogP contribution in [0.4, 0.5) is 10.1 Å². The first kappa shape index (κ1) is 14.0. The minimum absolute atomic E-state index is 0.348. The molecule has 0 atom stereocenters. The second-order valence-electron chi connectivity index (χ2n) is 4.10. The highest BCUT2D eigenvalue weighted by molar-refractivity contribution is 9.10. The summed E-state index contributed by atoms with van der Waals surface area (Å²) >= 11 is 9.13. The molecule has 0 saturated carbocycles. The number of anilines is 1. The molecule has 0 aliphatic rings. The van der Waals surface area contributed by atoms with Crippen LogP contribution in [-0.2, 0) is 0 Å². The molecule has 0 bridgehead atoms. The van der Waals surface area contributed by atoms with E-state index in [1.165, 1.54) is 12.1 Å². The van der Waals surface area contributed by atoms with Gasteiger partial charge >= 0.3 is 0 Å². The summed E-state index contributed by atoms with van der Waals surface area (Å²) in [5.41, 5.74) is 1.55. The maximum Gasteiger partial charge on any atom is 0.256 e. The van der Waals surface area contributed by atoms with Crippen LogP contribution in [0.2, 0.25) is 5.02 Å². The van der Waals surface area contributed by atoms with Crippen LogP contribution in [0.15, 0.2) is 40.9 Å². The van der Waals surface area contributed by atoms with E-state index in [2.05, 4.69) is 21.2 Å². The molecule has 2 aromatic carbocycles. The van der Waals surface area contributed by atoms with Crippen molar-refractivity contribution in [3.05, 3.63) is 62.8 Å². The zero-order valence-electron chi connectivity index (χ0n) is 10.0. The number of hydrogen-bond acceptors (Lipinski definition) is 1. The number of halogens is 3. The molecule has 1 N–H and O–H groups in total. The highest BCUT2D eigenvalue weighted by Crippen LogP contribution is 2.23. The first-order valence-electron chi connectivity index (χ1n) is 5.49. The van der Waals surface area contributed by atoms with Crippen molar-refractivity contribution < 1.29 is 9.18 Å². The van der Waals surface area contributed by atoms with Gasteiger partial charge in [0.15, 0.2) is 0 Å². The van der Waals surface area contributed by atoms with Crippen LogP contribution in [0.1, 0.15) is 15.9 Å². The molecule has 0 unspecified atom stereocenters. The molecule has 0 aliphatic carbocycles. The van der Waals surface area contributed by atoms with Crippen molar-refractivity contribution in [1.29, 1.82) is 0 Å². The lowest BCUT2D eigenvalue weighted by atomic mass is 10.2. The van der Waals surface area contributed by atoms with E-state index >= 15 is 0 Å². The lowest BCUT2D eigenvalue weighted by molar-refractivity contribution is 0.102. The van der Waals surface area contributed by atoms with Crippen molar-refractivity contribution in [3.63, 3.8) is 0 Å². The predicted octanol–water partition coefficient (Wildman–Crippen LogP) is 4.80. The molecule has 2 aromatic rings. The fourth-order valence-electron chi connectivity index (χ4n) is 1.68. The van der Waals surface area contributed by atoms with Crippen molar-refractivity contribution in [2.24, 2.45) is 0 Å². The van der Waals surface area contributed by atoms with Crippen LogP contribution in [0.25, 0.3) is 0 Å². The van der Waals surface area contributed by atoms with Gasteiger partial charge in [0.05, 0.1) is 5.56 Å². The Hall–Kier alpha value is -1.39. The Labute approximate surface area is 123 Å².